The van der Waals surface area contributed by atoms with Gasteiger partial charge in [-0.3, -0.25) is 4.79 Å². The number of thiazole rings is 1. The van der Waals surface area contributed by atoms with Gasteiger partial charge in [0.15, 0.2) is 5.13 Å². The molecule has 1 aromatic rings. The number of hydrogen-bond donors (Lipinski definition) is 2. The molecule has 1 heterocycles. The molecule has 6 heteroatoms. The molecule has 0 spiro atoms. The number of aryl methyl sites for hydroxylation is 2. The van der Waals surface area contributed by atoms with Crippen LogP contribution in [0.5, 0.6) is 0 Å². The van der Waals surface area contributed by atoms with Crippen LogP contribution in [0, 0.1) is 11.3 Å². The summed E-state index contributed by atoms with van der Waals surface area (Å²) in [6.45, 7) is 0. The Morgan fingerprint density at radius 3 is 2.94 bits per heavy atom. The number of carbonyl (C=O) groups is 1. The van der Waals surface area contributed by atoms with Gasteiger partial charge in [0.1, 0.15) is 11.6 Å². The van der Waals surface area contributed by atoms with Crippen molar-refractivity contribution in [2.75, 3.05) is 5.32 Å². The number of nitriles is 1. The highest BCUT2D eigenvalue weighted by molar-refractivity contribution is 7.15. The minimum absolute atomic E-state index is 0.0989. The molecule has 1 aliphatic rings. The molecule has 0 aliphatic heterocycles. The van der Waals surface area contributed by atoms with E-state index in [-0.39, 0.29) is 5.57 Å². The van der Waals surface area contributed by atoms with Crippen LogP contribution in [-0.2, 0) is 17.6 Å². The van der Waals surface area contributed by atoms with E-state index in [4.69, 9.17) is 11.0 Å². The third-order valence-corrected chi connectivity index (χ3v) is 3.66. The molecule has 0 aromatic carbocycles. The van der Waals surface area contributed by atoms with Crippen molar-refractivity contribution in [3.8, 4) is 6.07 Å². The van der Waals surface area contributed by atoms with Crippen molar-refractivity contribution in [2.24, 2.45) is 5.73 Å². The molecule has 1 aromatic heterocycles. The van der Waals surface area contributed by atoms with Crippen LogP contribution in [0.3, 0.4) is 0 Å². The van der Waals surface area contributed by atoms with Crippen LogP contribution < -0.4 is 11.1 Å². The second-order valence-electron chi connectivity index (χ2n) is 3.77. The Bertz CT molecular complexity index is 489. The summed E-state index contributed by atoms with van der Waals surface area (Å²) in [5.41, 5.74) is 6.06. The van der Waals surface area contributed by atoms with E-state index in [0.29, 0.717) is 5.13 Å². The van der Waals surface area contributed by atoms with Crippen LogP contribution in [0.15, 0.2) is 11.8 Å². The zero-order chi connectivity index (χ0) is 12.3. The first-order valence-corrected chi connectivity index (χ1v) is 6.17. The number of hydrogen-bond acceptors (Lipinski definition) is 5. The van der Waals surface area contributed by atoms with Crippen LogP contribution in [0.4, 0.5) is 5.13 Å². The van der Waals surface area contributed by atoms with Crippen molar-refractivity contribution >= 4 is 22.4 Å². The van der Waals surface area contributed by atoms with Crippen LogP contribution in [-0.4, -0.2) is 10.9 Å². The lowest BCUT2D eigenvalue weighted by molar-refractivity contribution is -0.114. The third-order valence-electron chi connectivity index (χ3n) is 2.57. The van der Waals surface area contributed by atoms with Gasteiger partial charge in [-0.1, -0.05) is 0 Å². The standard InChI is InChI=1S/C11H12N4OS/c12-5-7(10(13)16)6-14-11-15-8-3-1-2-4-9(8)17-11/h6H,1-4H2,(H2,13,16)(H,14,15). The Labute approximate surface area is 103 Å². The molecule has 5 nitrogen and oxygen atoms in total. The maximum Gasteiger partial charge on any atom is 0.260 e. The fraction of sp³-hybridized carbons (Fsp3) is 0.364. The Hall–Kier alpha value is -1.87. The van der Waals surface area contributed by atoms with E-state index in [1.807, 2.05) is 0 Å². The van der Waals surface area contributed by atoms with Crippen LogP contribution in [0.25, 0.3) is 0 Å². The minimum Gasteiger partial charge on any atom is -0.365 e. The van der Waals surface area contributed by atoms with Crippen LogP contribution in [0.1, 0.15) is 23.4 Å². The fourth-order valence-electron chi connectivity index (χ4n) is 1.71. The zero-order valence-corrected chi connectivity index (χ0v) is 10.0. The summed E-state index contributed by atoms with van der Waals surface area (Å²) in [5.74, 6) is -0.735. The summed E-state index contributed by atoms with van der Waals surface area (Å²) in [5, 5.41) is 12.2. The highest BCUT2D eigenvalue weighted by Gasteiger charge is 2.14. The van der Waals surface area contributed by atoms with Gasteiger partial charge in [-0.25, -0.2) is 4.98 Å². The molecule has 0 bridgehead atoms. The number of anilines is 1. The maximum absolute atomic E-state index is 10.8. The lowest BCUT2D eigenvalue weighted by atomic mass is 10.0. The summed E-state index contributed by atoms with van der Waals surface area (Å²) in [6, 6.07) is 1.73. The summed E-state index contributed by atoms with van der Waals surface area (Å²) >= 11 is 1.57. The van der Waals surface area contributed by atoms with Gasteiger partial charge in [0.25, 0.3) is 5.91 Å². The number of fused-ring (bicyclic) bond motifs is 1. The lowest BCUT2D eigenvalue weighted by Gasteiger charge is -2.06. The molecule has 17 heavy (non-hydrogen) atoms. The highest BCUT2D eigenvalue weighted by Crippen LogP contribution is 2.29. The van der Waals surface area contributed by atoms with Crippen molar-refractivity contribution in [1.82, 2.24) is 4.98 Å². The van der Waals surface area contributed by atoms with Crippen molar-refractivity contribution in [2.45, 2.75) is 25.7 Å². The molecular formula is C11H12N4OS. The monoisotopic (exact) mass is 248 g/mol. The summed E-state index contributed by atoms with van der Waals surface area (Å²) in [4.78, 5) is 16.5. The smallest absolute Gasteiger partial charge is 0.260 e. The SMILES string of the molecule is N#CC(=CNc1nc2c(s1)CCCC2)C(N)=O. The summed E-state index contributed by atoms with van der Waals surface area (Å²) < 4.78 is 0. The molecule has 0 atom stereocenters. The summed E-state index contributed by atoms with van der Waals surface area (Å²) in [7, 11) is 0. The van der Waals surface area contributed by atoms with E-state index in [0.717, 1.165) is 18.5 Å². The van der Waals surface area contributed by atoms with E-state index < -0.39 is 5.91 Å². The highest BCUT2D eigenvalue weighted by atomic mass is 32.1. The average molecular weight is 248 g/mol. The molecule has 0 unspecified atom stereocenters. The van der Waals surface area contributed by atoms with Gasteiger partial charge in [0, 0.05) is 11.1 Å². The van der Waals surface area contributed by atoms with E-state index in [9.17, 15) is 4.79 Å². The van der Waals surface area contributed by atoms with E-state index >= 15 is 0 Å². The first kappa shape index (κ1) is 11.6. The van der Waals surface area contributed by atoms with Crippen molar-refractivity contribution < 1.29 is 4.79 Å². The van der Waals surface area contributed by atoms with Gasteiger partial charge >= 0.3 is 0 Å². The number of nitrogens with one attached hydrogen (secondary N) is 1. The summed E-state index contributed by atoms with van der Waals surface area (Å²) in [6.07, 6.45) is 5.77. The number of amides is 1. The number of aromatic nitrogens is 1. The normalized spacial score (nSPS) is 14.9. The first-order valence-electron chi connectivity index (χ1n) is 5.36. The molecule has 0 radical (unpaired) electrons. The molecule has 88 valence electrons. The maximum atomic E-state index is 10.8. The van der Waals surface area contributed by atoms with Gasteiger partial charge in [0.05, 0.1) is 5.69 Å². The second-order valence-corrected chi connectivity index (χ2v) is 4.86. The number of primary amides is 1. The molecule has 0 fully saturated rings. The Kier molecular flexibility index (Phi) is 3.40. The lowest BCUT2D eigenvalue weighted by Crippen LogP contribution is -2.13. The minimum atomic E-state index is -0.735. The molecule has 1 amide bonds. The van der Waals surface area contributed by atoms with Gasteiger partial charge in [-0.15, -0.1) is 11.3 Å². The van der Waals surface area contributed by atoms with Gasteiger partial charge in [-0.2, -0.15) is 5.26 Å². The fourth-order valence-corrected chi connectivity index (χ4v) is 2.73. The van der Waals surface area contributed by atoms with Gasteiger partial charge < -0.3 is 11.1 Å². The average Bonchev–Trinajstić information content (AvgIpc) is 2.71. The van der Waals surface area contributed by atoms with Crippen molar-refractivity contribution in [3.63, 3.8) is 0 Å². The zero-order valence-electron chi connectivity index (χ0n) is 9.19. The topological polar surface area (TPSA) is 91.8 Å². The largest absolute Gasteiger partial charge is 0.365 e. The first-order chi connectivity index (χ1) is 8.20. The van der Waals surface area contributed by atoms with E-state index in [1.54, 1.807) is 17.4 Å². The van der Waals surface area contributed by atoms with Crippen LogP contribution in [0.2, 0.25) is 0 Å². The number of nitrogens with two attached hydrogens (primary N) is 1. The van der Waals surface area contributed by atoms with Gasteiger partial charge in [-0.05, 0) is 25.7 Å². The molecular weight excluding hydrogens is 236 g/mol. The molecule has 0 saturated heterocycles. The van der Waals surface area contributed by atoms with Crippen molar-refractivity contribution in [3.05, 3.63) is 22.3 Å². The molecule has 3 N–H and O–H groups in total. The number of carbonyl (C=O) groups excluding carboxylic acids is 1. The van der Waals surface area contributed by atoms with Crippen molar-refractivity contribution in [1.29, 1.82) is 5.26 Å². The Morgan fingerprint density at radius 1 is 1.53 bits per heavy atom. The van der Waals surface area contributed by atoms with Gasteiger partial charge in [0.2, 0.25) is 0 Å². The Morgan fingerprint density at radius 2 is 2.29 bits per heavy atom. The quantitative estimate of drug-likeness (QED) is 0.623. The van der Waals surface area contributed by atoms with Crippen LogP contribution >= 0.6 is 11.3 Å². The molecule has 1 aliphatic carbocycles. The molecule has 0 saturated carbocycles. The number of rotatable bonds is 3. The number of nitrogens with zero attached hydrogens (tertiary/aromatic N) is 2. The van der Waals surface area contributed by atoms with E-state index in [1.165, 1.54) is 23.9 Å². The molecule has 2 rings (SSSR count). The third kappa shape index (κ3) is 2.63. The Balaban J connectivity index is 2.12. The second kappa shape index (κ2) is 4.97. The van der Waals surface area contributed by atoms with E-state index in [2.05, 4.69) is 10.3 Å². The predicted molar refractivity (Wildman–Crippen MR) is 65.3 cm³/mol. The predicted octanol–water partition coefficient (Wildman–Crippen LogP) is 1.33.